The van der Waals surface area contributed by atoms with Crippen molar-refractivity contribution in [2.24, 2.45) is 17.8 Å². The van der Waals surface area contributed by atoms with Crippen LogP contribution in [0.25, 0.3) is 0 Å². The highest BCUT2D eigenvalue weighted by Crippen LogP contribution is 2.48. The highest BCUT2D eigenvalue weighted by atomic mass is 31.2. The molecule has 27 heavy (non-hydrogen) atoms. The first-order chi connectivity index (χ1) is 13.0. The van der Waals surface area contributed by atoms with Gasteiger partial charge in [0.25, 0.3) is 7.52 Å². The molecule has 4 atom stereocenters. The Hall–Kier alpha value is -1.41. The lowest BCUT2D eigenvalue weighted by Gasteiger charge is -2.39. The van der Waals surface area contributed by atoms with Gasteiger partial charge in [0, 0.05) is 6.54 Å². The fourth-order valence-corrected chi connectivity index (χ4v) is 5.99. The van der Waals surface area contributed by atoms with E-state index in [0.717, 1.165) is 23.7 Å². The standard InChI is InChI=1S/C23H32NO2P/c1-18(2)22-15-14-19(3)16-23(22)26-27(25,21-12-8-5-9-13-21)24-17-20-10-6-4-7-11-20/h4-13,18-19,22-23H,14-17H2,1-3H3,(H,24,25)/t19-,22-,23-,27-/m1/s1. The average Bonchev–Trinajstić information content (AvgIpc) is 2.68. The molecule has 4 heteroatoms. The second-order valence-corrected chi connectivity index (χ2v) is 10.3. The Morgan fingerprint density at radius 2 is 1.67 bits per heavy atom. The van der Waals surface area contributed by atoms with E-state index in [2.05, 4.69) is 25.9 Å². The van der Waals surface area contributed by atoms with Gasteiger partial charge in [-0.05, 0) is 48.3 Å². The molecule has 0 aromatic heterocycles. The molecule has 0 spiro atoms. The van der Waals surface area contributed by atoms with Crippen molar-refractivity contribution >= 4 is 12.8 Å². The predicted molar refractivity (Wildman–Crippen MR) is 113 cm³/mol. The van der Waals surface area contributed by atoms with Crippen LogP contribution >= 0.6 is 7.52 Å². The van der Waals surface area contributed by atoms with Crippen LogP contribution < -0.4 is 10.4 Å². The maximum Gasteiger partial charge on any atom is 0.300 e. The van der Waals surface area contributed by atoms with Crippen molar-refractivity contribution in [1.29, 1.82) is 0 Å². The molecule has 3 rings (SSSR count). The first-order valence-electron chi connectivity index (χ1n) is 10.1. The van der Waals surface area contributed by atoms with Crippen molar-refractivity contribution in [3.63, 3.8) is 0 Å². The van der Waals surface area contributed by atoms with E-state index < -0.39 is 7.52 Å². The van der Waals surface area contributed by atoms with Gasteiger partial charge in [0.05, 0.1) is 11.4 Å². The van der Waals surface area contributed by atoms with Gasteiger partial charge >= 0.3 is 0 Å². The minimum Gasteiger partial charge on any atom is -0.311 e. The number of rotatable bonds is 7. The summed E-state index contributed by atoms with van der Waals surface area (Å²) >= 11 is 0. The topological polar surface area (TPSA) is 38.3 Å². The summed E-state index contributed by atoms with van der Waals surface area (Å²) in [6.07, 6.45) is 3.39. The molecule has 2 aromatic rings. The van der Waals surface area contributed by atoms with Gasteiger partial charge in [-0.1, -0.05) is 75.7 Å². The first-order valence-corrected chi connectivity index (χ1v) is 11.7. The summed E-state index contributed by atoms with van der Waals surface area (Å²) in [7, 11) is -3.16. The third kappa shape index (κ3) is 5.31. The van der Waals surface area contributed by atoms with Crippen molar-refractivity contribution in [2.75, 3.05) is 0 Å². The van der Waals surface area contributed by atoms with E-state index in [1.54, 1.807) is 0 Å². The molecule has 0 heterocycles. The van der Waals surface area contributed by atoms with Crippen LogP contribution in [0.2, 0.25) is 0 Å². The second kappa shape index (κ2) is 9.19. The van der Waals surface area contributed by atoms with E-state index >= 15 is 0 Å². The first kappa shape index (κ1) is 20.3. The summed E-state index contributed by atoms with van der Waals surface area (Å²) in [5.74, 6) is 1.60. The fourth-order valence-electron chi connectivity index (χ4n) is 4.03. The molecule has 0 unspecified atom stereocenters. The van der Waals surface area contributed by atoms with Crippen molar-refractivity contribution in [3.05, 3.63) is 66.2 Å². The highest BCUT2D eigenvalue weighted by Gasteiger charge is 2.37. The summed E-state index contributed by atoms with van der Waals surface area (Å²) in [6.45, 7) is 7.31. The van der Waals surface area contributed by atoms with Gasteiger partial charge in [0.15, 0.2) is 0 Å². The summed E-state index contributed by atoms with van der Waals surface area (Å²) in [5.41, 5.74) is 1.11. The Bertz CT molecular complexity index is 747. The summed E-state index contributed by atoms with van der Waals surface area (Å²) in [6, 6.07) is 19.7. The molecule has 0 aliphatic heterocycles. The summed E-state index contributed by atoms with van der Waals surface area (Å²) in [5, 5.41) is 4.04. The van der Waals surface area contributed by atoms with Crippen LogP contribution in [-0.2, 0) is 15.6 Å². The number of hydrogen-bond donors (Lipinski definition) is 1. The Morgan fingerprint density at radius 1 is 1.04 bits per heavy atom. The van der Waals surface area contributed by atoms with Crippen LogP contribution in [0, 0.1) is 17.8 Å². The van der Waals surface area contributed by atoms with E-state index in [1.807, 2.05) is 60.7 Å². The Kier molecular flexibility index (Phi) is 6.92. The van der Waals surface area contributed by atoms with Crippen molar-refractivity contribution in [3.8, 4) is 0 Å². The molecule has 1 fully saturated rings. The third-order valence-corrected chi connectivity index (χ3v) is 7.80. The quantitative estimate of drug-likeness (QED) is 0.615. The summed E-state index contributed by atoms with van der Waals surface area (Å²) < 4.78 is 20.5. The molecule has 146 valence electrons. The SMILES string of the molecule is CC(C)[C@H]1CC[C@@H](C)C[C@H]1O[P@@](=O)(NCc1ccccc1)c1ccccc1. The summed E-state index contributed by atoms with van der Waals surface area (Å²) in [4.78, 5) is 0. The van der Waals surface area contributed by atoms with Gasteiger partial charge in [-0.15, -0.1) is 0 Å². The maximum atomic E-state index is 14.0. The average molecular weight is 385 g/mol. The van der Waals surface area contributed by atoms with Crippen molar-refractivity contribution in [1.82, 2.24) is 5.09 Å². The van der Waals surface area contributed by atoms with Gasteiger partial charge in [0.1, 0.15) is 0 Å². The van der Waals surface area contributed by atoms with Crippen LogP contribution in [0.5, 0.6) is 0 Å². The molecular formula is C23H32NO2P. The number of hydrogen-bond acceptors (Lipinski definition) is 2. The van der Waals surface area contributed by atoms with E-state index in [9.17, 15) is 4.57 Å². The van der Waals surface area contributed by atoms with E-state index in [0.29, 0.717) is 24.3 Å². The molecule has 0 radical (unpaired) electrons. The fraction of sp³-hybridized carbons (Fsp3) is 0.478. The van der Waals surface area contributed by atoms with Crippen LogP contribution in [0.1, 0.15) is 45.6 Å². The molecular weight excluding hydrogens is 353 g/mol. The Morgan fingerprint density at radius 3 is 2.30 bits per heavy atom. The Labute approximate surface area is 164 Å². The van der Waals surface area contributed by atoms with Gasteiger partial charge in [-0.25, -0.2) is 5.09 Å². The molecule has 0 bridgehead atoms. The molecule has 1 aliphatic carbocycles. The lowest BCUT2D eigenvalue weighted by molar-refractivity contribution is 0.0483. The largest absolute Gasteiger partial charge is 0.311 e. The van der Waals surface area contributed by atoms with E-state index in [1.165, 1.54) is 6.42 Å². The second-order valence-electron chi connectivity index (χ2n) is 8.18. The number of nitrogens with one attached hydrogen (secondary N) is 1. The maximum absolute atomic E-state index is 14.0. The lowest BCUT2D eigenvalue weighted by Crippen LogP contribution is -2.36. The zero-order chi connectivity index (χ0) is 19.3. The van der Waals surface area contributed by atoms with Gasteiger partial charge in [-0.3, -0.25) is 4.57 Å². The smallest absolute Gasteiger partial charge is 0.300 e. The third-order valence-electron chi connectivity index (χ3n) is 5.68. The molecule has 1 aliphatic rings. The normalized spacial score (nSPS) is 25.3. The van der Waals surface area contributed by atoms with Crippen molar-refractivity contribution < 1.29 is 9.09 Å². The predicted octanol–water partition coefficient (Wildman–Crippen LogP) is 5.77. The Balaban J connectivity index is 1.84. The van der Waals surface area contributed by atoms with Crippen LogP contribution in [0.3, 0.4) is 0 Å². The zero-order valence-corrected chi connectivity index (χ0v) is 17.6. The monoisotopic (exact) mass is 385 g/mol. The van der Waals surface area contributed by atoms with E-state index in [4.69, 9.17) is 4.52 Å². The van der Waals surface area contributed by atoms with E-state index in [-0.39, 0.29) is 6.10 Å². The van der Waals surface area contributed by atoms with Crippen LogP contribution in [0.4, 0.5) is 0 Å². The van der Waals surface area contributed by atoms with Gasteiger partial charge in [0.2, 0.25) is 0 Å². The zero-order valence-electron chi connectivity index (χ0n) is 16.7. The molecule has 3 nitrogen and oxygen atoms in total. The lowest BCUT2D eigenvalue weighted by atomic mass is 9.75. The molecule has 2 aromatic carbocycles. The molecule has 1 saturated carbocycles. The van der Waals surface area contributed by atoms with Gasteiger partial charge < -0.3 is 4.52 Å². The van der Waals surface area contributed by atoms with Crippen molar-refractivity contribution in [2.45, 2.75) is 52.7 Å². The molecule has 0 saturated heterocycles. The molecule has 0 amide bonds. The van der Waals surface area contributed by atoms with Crippen LogP contribution in [0.15, 0.2) is 60.7 Å². The highest BCUT2D eigenvalue weighted by molar-refractivity contribution is 7.65. The molecule has 1 N–H and O–H groups in total. The van der Waals surface area contributed by atoms with Gasteiger partial charge in [-0.2, -0.15) is 0 Å². The minimum absolute atomic E-state index is 0.0306. The number of benzene rings is 2. The minimum atomic E-state index is -3.16. The van der Waals surface area contributed by atoms with Crippen LogP contribution in [-0.4, -0.2) is 6.10 Å².